The van der Waals surface area contributed by atoms with Crippen LogP contribution in [0.3, 0.4) is 0 Å². The summed E-state index contributed by atoms with van der Waals surface area (Å²) in [5.74, 6) is -1.05. The highest BCUT2D eigenvalue weighted by Gasteiger charge is 2.17. The average Bonchev–Trinajstić information content (AvgIpc) is 2.61. The number of hydrogen-bond acceptors (Lipinski definition) is 5. The first-order chi connectivity index (χ1) is 12.3. The van der Waals surface area contributed by atoms with Crippen LogP contribution in [0.2, 0.25) is 5.02 Å². The molecule has 1 N–H and O–H groups in total. The molecular formula is C19H18ClNO4S. The van der Waals surface area contributed by atoms with Crippen molar-refractivity contribution in [3.8, 4) is 0 Å². The van der Waals surface area contributed by atoms with Gasteiger partial charge in [0.25, 0.3) is 5.91 Å². The third-order valence-corrected chi connectivity index (χ3v) is 4.70. The summed E-state index contributed by atoms with van der Waals surface area (Å²) in [6, 6.07) is 13.7. The molecule has 1 amide bonds. The van der Waals surface area contributed by atoms with Crippen LogP contribution in [-0.4, -0.2) is 29.5 Å². The molecule has 0 unspecified atom stereocenters. The van der Waals surface area contributed by atoms with Gasteiger partial charge in [0.15, 0.2) is 12.4 Å². The fourth-order valence-corrected chi connectivity index (χ4v) is 3.02. The molecule has 2 aromatic carbocycles. The van der Waals surface area contributed by atoms with Crippen LogP contribution in [0.4, 0.5) is 5.69 Å². The Morgan fingerprint density at radius 2 is 1.85 bits per heavy atom. The summed E-state index contributed by atoms with van der Waals surface area (Å²) in [6.07, 6.45) is 0. The van der Waals surface area contributed by atoms with Gasteiger partial charge in [0.2, 0.25) is 0 Å². The Bertz CT molecular complexity index is 807. The lowest BCUT2D eigenvalue weighted by Crippen LogP contribution is -2.24. The van der Waals surface area contributed by atoms with Gasteiger partial charge in [-0.2, -0.15) is 0 Å². The van der Waals surface area contributed by atoms with Gasteiger partial charge in [0, 0.05) is 21.2 Å². The molecule has 0 saturated heterocycles. The smallest absolute Gasteiger partial charge is 0.319 e. The molecule has 0 aliphatic rings. The van der Waals surface area contributed by atoms with Crippen molar-refractivity contribution in [1.82, 2.24) is 0 Å². The monoisotopic (exact) mass is 391 g/mol. The number of esters is 1. The molecule has 2 rings (SSSR count). The maximum atomic E-state index is 12.0. The number of amides is 1. The van der Waals surface area contributed by atoms with Crippen LogP contribution in [0, 0.1) is 0 Å². The van der Waals surface area contributed by atoms with E-state index in [1.165, 1.54) is 18.7 Å². The molecule has 7 heteroatoms. The highest BCUT2D eigenvalue weighted by atomic mass is 35.5. The first-order valence-corrected chi connectivity index (χ1v) is 9.10. The van der Waals surface area contributed by atoms with Gasteiger partial charge < -0.3 is 10.1 Å². The van der Waals surface area contributed by atoms with Gasteiger partial charge in [-0.15, -0.1) is 11.8 Å². The molecule has 0 saturated carbocycles. The summed E-state index contributed by atoms with van der Waals surface area (Å²) >= 11 is 7.14. The van der Waals surface area contributed by atoms with E-state index >= 15 is 0 Å². The van der Waals surface area contributed by atoms with E-state index in [0.29, 0.717) is 16.3 Å². The molecule has 0 aromatic heterocycles. The second kappa shape index (κ2) is 9.40. The molecule has 0 bridgehead atoms. The van der Waals surface area contributed by atoms with Crippen molar-refractivity contribution in [2.75, 3.05) is 11.9 Å². The van der Waals surface area contributed by atoms with Crippen LogP contribution in [-0.2, 0) is 14.3 Å². The Morgan fingerprint density at radius 3 is 2.50 bits per heavy atom. The number of thioether (sulfide) groups is 1. The highest BCUT2D eigenvalue weighted by molar-refractivity contribution is 8.00. The van der Waals surface area contributed by atoms with Crippen molar-refractivity contribution in [2.24, 2.45) is 0 Å². The molecule has 0 radical (unpaired) electrons. The zero-order valence-corrected chi connectivity index (χ0v) is 15.9. The largest absolute Gasteiger partial charge is 0.455 e. The van der Waals surface area contributed by atoms with Gasteiger partial charge in [-0.25, -0.2) is 0 Å². The predicted molar refractivity (Wildman–Crippen MR) is 103 cm³/mol. The summed E-state index contributed by atoms with van der Waals surface area (Å²) in [5.41, 5.74) is 0.968. The third-order valence-electron chi connectivity index (χ3n) is 3.36. The van der Waals surface area contributed by atoms with Gasteiger partial charge in [-0.05, 0) is 50.2 Å². The number of anilines is 1. The van der Waals surface area contributed by atoms with Gasteiger partial charge >= 0.3 is 5.97 Å². The number of nitrogens with one attached hydrogen (secondary N) is 1. The number of ketones is 1. The predicted octanol–water partition coefficient (Wildman–Crippen LogP) is 4.21. The number of carbonyl (C=O) groups is 3. The first-order valence-electron chi connectivity index (χ1n) is 7.85. The quantitative estimate of drug-likeness (QED) is 0.435. The van der Waals surface area contributed by atoms with E-state index in [1.807, 2.05) is 12.1 Å². The average molecular weight is 392 g/mol. The summed E-state index contributed by atoms with van der Waals surface area (Å²) in [6.45, 7) is 2.76. The number of ether oxygens (including phenoxy) is 1. The first kappa shape index (κ1) is 20.0. The van der Waals surface area contributed by atoms with Gasteiger partial charge in [-0.3, -0.25) is 14.4 Å². The fourth-order valence-electron chi connectivity index (χ4n) is 2.03. The minimum absolute atomic E-state index is 0.0967. The van der Waals surface area contributed by atoms with Crippen molar-refractivity contribution < 1.29 is 19.1 Å². The van der Waals surface area contributed by atoms with Crippen LogP contribution in [0.25, 0.3) is 0 Å². The van der Waals surface area contributed by atoms with Crippen molar-refractivity contribution in [3.63, 3.8) is 0 Å². The SMILES string of the molecule is CC(=O)c1cccc(NC(=O)COC(=O)[C@@H](C)Sc2ccc(Cl)cc2)c1. The van der Waals surface area contributed by atoms with E-state index < -0.39 is 23.7 Å². The molecule has 5 nitrogen and oxygen atoms in total. The Hall–Kier alpha value is -2.31. The lowest BCUT2D eigenvalue weighted by molar-refractivity contribution is -0.146. The Balaban J connectivity index is 1.82. The molecule has 1 atom stereocenters. The lowest BCUT2D eigenvalue weighted by Gasteiger charge is -2.11. The molecule has 0 heterocycles. The van der Waals surface area contributed by atoms with E-state index in [-0.39, 0.29) is 5.78 Å². The van der Waals surface area contributed by atoms with Crippen molar-refractivity contribution >= 4 is 46.7 Å². The summed E-state index contributed by atoms with van der Waals surface area (Å²) in [5, 5.41) is 2.75. The van der Waals surface area contributed by atoms with Crippen LogP contribution in [0.5, 0.6) is 0 Å². The minimum Gasteiger partial charge on any atom is -0.455 e. The number of halogens is 1. The lowest BCUT2D eigenvalue weighted by atomic mass is 10.1. The van der Waals surface area contributed by atoms with E-state index in [4.69, 9.17) is 16.3 Å². The van der Waals surface area contributed by atoms with E-state index in [2.05, 4.69) is 5.32 Å². The maximum absolute atomic E-state index is 12.0. The molecule has 26 heavy (non-hydrogen) atoms. The molecule has 0 aliphatic carbocycles. The van der Waals surface area contributed by atoms with E-state index in [0.717, 1.165) is 4.90 Å². The highest BCUT2D eigenvalue weighted by Crippen LogP contribution is 2.25. The van der Waals surface area contributed by atoms with Crippen molar-refractivity contribution in [1.29, 1.82) is 0 Å². The zero-order valence-electron chi connectivity index (χ0n) is 14.3. The standard InChI is InChI=1S/C19H18ClNO4S/c1-12(22)14-4-3-5-16(10-14)21-18(23)11-25-19(24)13(2)26-17-8-6-15(20)7-9-17/h3-10,13H,11H2,1-2H3,(H,21,23)/t13-/m1/s1. The van der Waals surface area contributed by atoms with Crippen LogP contribution < -0.4 is 5.32 Å². The number of benzene rings is 2. The Morgan fingerprint density at radius 1 is 1.15 bits per heavy atom. The molecule has 0 aliphatic heterocycles. The van der Waals surface area contributed by atoms with Gasteiger partial charge in [-0.1, -0.05) is 23.7 Å². The molecule has 136 valence electrons. The minimum atomic E-state index is -0.488. The van der Waals surface area contributed by atoms with Crippen LogP contribution in [0.1, 0.15) is 24.2 Å². The summed E-state index contributed by atoms with van der Waals surface area (Å²) in [4.78, 5) is 36.2. The van der Waals surface area contributed by atoms with Gasteiger partial charge in [0.1, 0.15) is 5.25 Å². The van der Waals surface area contributed by atoms with Crippen LogP contribution >= 0.6 is 23.4 Å². The molecule has 2 aromatic rings. The van der Waals surface area contributed by atoms with E-state index in [1.54, 1.807) is 43.3 Å². The number of Topliss-reactive ketones (excluding diaryl/α,β-unsaturated/α-hetero) is 1. The van der Waals surface area contributed by atoms with Gasteiger partial charge in [0.05, 0.1) is 0 Å². The number of hydrogen-bond donors (Lipinski definition) is 1. The molecule has 0 fully saturated rings. The summed E-state index contributed by atoms with van der Waals surface area (Å²) < 4.78 is 5.05. The fraction of sp³-hybridized carbons (Fsp3) is 0.211. The van der Waals surface area contributed by atoms with Crippen molar-refractivity contribution in [2.45, 2.75) is 24.0 Å². The van der Waals surface area contributed by atoms with Crippen LogP contribution in [0.15, 0.2) is 53.4 Å². The second-order valence-corrected chi connectivity index (χ2v) is 7.36. The third kappa shape index (κ3) is 6.20. The maximum Gasteiger partial charge on any atom is 0.319 e. The zero-order chi connectivity index (χ0) is 19.1. The Kier molecular flexibility index (Phi) is 7.24. The number of carbonyl (C=O) groups excluding carboxylic acids is 3. The van der Waals surface area contributed by atoms with E-state index in [9.17, 15) is 14.4 Å². The molecular weight excluding hydrogens is 374 g/mol. The second-order valence-electron chi connectivity index (χ2n) is 5.51. The topological polar surface area (TPSA) is 72.5 Å². The molecule has 0 spiro atoms. The normalized spacial score (nSPS) is 11.5. The van der Waals surface area contributed by atoms with Crippen molar-refractivity contribution in [3.05, 3.63) is 59.1 Å². The summed E-state index contributed by atoms with van der Waals surface area (Å²) in [7, 11) is 0. The number of rotatable bonds is 7. The Labute approximate surface area is 161 Å².